The van der Waals surface area contributed by atoms with Gasteiger partial charge in [-0.1, -0.05) is 17.7 Å². The lowest BCUT2D eigenvalue weighted by molar-refractivity contribution is -0.131. The van der Waals surface area contributed by atoms with Crippen LogP contribution >= 0.6 is 22.3 Å². The van der Waals surface area contributed by atoms with Crippen molar-refractivity contribution < 1.29 is 26.0 Å². The van der Waals surface area contributed by atoms with E-state index in [4.69, 9.17) is 11.6 Å². The van der Waals surface area contributed by atoms with Crippen LogP contribution in [-0.2, 0) is 9.05 Å². The molecule has 0 heterocycles. The van der Waals surface area contributed by atoms with Gasteiger partial charge in [0.05, 0.1) is 0 Å². The summed E-state index contributed by atoms with van der Waals surface area (Å²) in [4.78, 5) is 0. The maximum Gasteiger partial charge on any atom is 0.410 e. The standard InChI is InChI=1S/C8H4Cl2F4O2S/c9-4-2-1-3-5(11)6(4)7(8(12,13)14)17(10,15)16/h1-3,7H. The fraction of sp³-hybridized carbons (Fsp3) is 0.250. The number of alkyl halides is 3. The van der Waals surface area contributed by atoms with E-state index >= 15 is 0 Å². The summed E-state index contributed by atoms with van der Waals surface area (Å²) >= 11 is 5.37. The second-order valence-corrected chi connectivity index (χ2v) is 6.15. The lowest BCUT2D eigenvalue weighted by atomic mass is 10.1. The summed E-state index contributed by atoms with van der Waals surface area (Å²) in [5.41, 5.74) is -1.20. The first-order chi connectivity index (χ1) is 7.55. The first kappa shape index (κ1) is 14.5. The van der Waals surface area contributed by atoms with Gasteiger partial charge < -0.3 is 0 Å². The van der Waals surface area contributed by atoms with Crippen LogP contribution in [0.5, 0.6) is 0 Å². The van der Waals surface area contributed by atoms with E-state index in [1.165, 1.54) is 0 Å². The van der Waals surface area contributed by atoms with E-state index < -0.39 is 36.9 Å². The highest BCUT2D eigenvalue weighted by molar-refractivity contribution is 8.14. The Kier molecular flexibility index (Phi) is 3.95. The second-order valence-electron chi connectivity index (χ2n) is 3.03. The highest BCUT2D eigenvalue weighted by atomic mass is 35.7. The Morgan fingerprint density at radius 3 is 2.12 bits per heavy atom. The Hall–Kier alpha value is -0.530. The average molecular weight is 311 g/mol. The SMILES string of the molecule is O=S(=O)(Cl)C(c1c(F)cccc1Cl)C(F)(F)F. The minimum absolute atomic E-state index is 0.656. The van der Waals surface area contributed by atoms with Gasteiger partial charge in [-0.3, -0.25) is 0 Å². The quantitative estimate of drug-likeness (QED) is 0.617. The number of hydrogen-bond donors (Lipinski definition) is 0. The van der Waals surface area contributed by atoms with Gasteiger partial charge in [0.15, 0.2) is 0 Å². The Bertz CT molecular complexity index is 507. The van der Waals surface area contributed by atoms with E-state index in [0.29, 0.717) is 6.07 Å². The maximum absolute atomic E-state index is 13.3. The number of halogens is 6. The normalized spacial score (nSPS) is 14.7. The van der Waals surface area contributed by atoms with Crippen molar-refractivity contribution in [1.82, 2.24) is 0 Å². The minimum atomic E-state index is -5.26. The topological polar surface area (TPSA) is 34.1 Å². The van der Waals surface area contributed by atoms with Crippen molar-refractivity contribution in [3.05, 3.63) is 34.6 Å². The molecule has 1 aromatic rings. The molecule has 0 spiro atoms. The van der Waals surface area contributed by atoms with E-state index in [1.54, 1.807) is 0 Å². The Morgan fingerprint density at radius 1 is 1.24 bits per heavy atom. The van der Waals surface area contributed by atoms with Gasteiger partial charge in [-0.15, -0.1) is 0 Å². The van der Waals surface area contributed by atoms with Crippen molar-refractivity contribution in [1.29, 1.82) is 0 Å². The summed E-state index contributed by atoms with van der Waals surface area (Å²) in [6.45, 7) is 0. The van der Waals surface area contributed by atoms with Crippen molar-refractivity contribution in [2.24, 2.45) is 0 Å². The first-order valence-corrected chi connectivity index (χ1v) is 6.74. The lowest BCUT2D eigenvalue weighted by Gasteiger charge is -2.19. The van der Waals surface area contributed by atoms with E-state index in [0.717, 1.165) is 12.1 Å². The third kappa shape index (κ3) is 3.23. The molecule has 9 heteroatoms. The molecule has 0 aromatic heterocycles. The van der Waals surface area contributed by atoms with Crippen molar-refractivity contribution in [3.8, 4) is 0 Å². The molecule has 0 radical (unpaired) electrons. The third-order valence-corrected chi connectivity index (χ3v) is 3.77. The van der Waals surface area contributed by atoms with Gasteiger partial charge in [-0.2, -0.15) is 13.2 Å². The van der Waals surface area contributed by atoms with Crippen molar-refractivity contribution in [2.45, 2.75) is 11.4 Å². The minimum Gasteiger partial charge on any atom is -0.211 e. The predicted octanol–water partition coefficient (Wildman–Crippen LogP) is 3.65. The smallest absolute Gasteiger partial charge is 0.211 e. The van der Waals surface area contributed by atoms with Crippen molar-refractivity contribution >= 4 is 31.3 Å². The van der Waals surface area contributed by atoms with E-state index in [1.807, 2.05) is 0 Å². The highest BCUT2D eigenvalue weighted by Gasteiger charge is 2.51. The van der Waals surface area contributed by atoms with Gasteiger partial charge >= 0.3 is 6.18 Å². The zero-order valence-electron chi connectivity index (χ0n) is 7.80. The Labute approximate surface area is 104 Å². The molecule has 1 atom stereocenters. The largest absolute Gasteiger partial charge is 0.410 e. The van der Waals surface area contributed by atoms with E-state index in [2.05, 4.69) is 10.7 Å². The monoisotopic (exact) mass is 310 g/mol. The number of rotatable bonds is 2. The maximum atomic E-state index is 13.3. The molecule has 0 amide bonds. The van der Waals surface area contributed by atoms with Crippen LogP contribution in [0.25, 0.3) is 0 Å². The molecular formula is C8H4Cl2F4O2S. The molecule has 0 aliphatic heterocycles. The number of benzene rings is 1. The molecule has 0 aliphatic rings. The second kappa shape index (κ2) is 4.62. The molecule has 1 rings (SSSR count). The Balaban J connectivity index is 3.55. The number of hydrogen-bond acceptors (Lipinski definition) is 2. The first-order valence-electron chi connectivity index (χ1n) is 3.99. The predicted molar refractivity (Wildman–Crippen MR) is 55.0 cm³/mol. The van der Waals surface area contributed by atoms with Crippen LogP contribution in [0.15, 0.2) is 18.2 Å². The fourth-order valence-corrected chi connectivity index (χ4v) is 2.97. The van der Waals surface area contributed by atoms with Crippen molar-refractivity contribution in [3.63, 3.8) is 0 Å². The molecule has 0 aliphatic carbocycles. The van der Waals surface area contributed by atoms with E-state index in [-0.39, 0.29) is 0 Å². The summed E-state index contributed by atoms with van der Waals surface area (Å²) in [6, 6.07) is 2.66. The molecule has 17 heavy (non-hydrogen) atoms. The van der Waals surface area contributed by atoms with Crippen LogP contribution in [0.4, 0.5) is 17.6 Å². The molecule has 0 saturated heterocycles. The summed E-state index contributed by atoms with van der Waals surface area (Å²) in [7, 11) is -0.409. The van der Waals surface area contributed by atoms with Crippen LogP contribution in [0, 0.1) is 5.82 Å². The van der Waals surface area contributed by atoms with Crippen molar-refractivity contribution in [2.75, 3.05) is 0 Å². The fourth-order valence-electron chi connectivity index (χ4n) is 1.23. The zero-order valence-corrected chi connectivity index (χ0v) is 10.1. The Morgan fingerprint density at radius 2 is 1.76 bits per heavy atom. The van der Waals surface area contributed by atoms with Crippen LogP contribution in [0.2, 0.25) is 5.02 Å². The summed E-state index contributed by atoms with van der Waals surface area (Å²) in [5.74, 6) is -1.39. The zero-order chi connectivity index (χ0) is 13.4. The molecule has 0 bridgehead atoms. The molecule has 0 fully saturated rings. The summed E-state index contributed by atoms with van der Waals surface area (Å²) in [5, 5.41) is -3.85. The highest BCUT2D eigenvalue weighted by Crippen LogP contribution is 2.44. The lowest BCUT2D eigenvalue weighted by Crippen LogP contribution is -2.27. The van der Waals surface area contributed by atoms with E-state index in [9.17, 15) is 26.0 Å². The average Bonchev–Trinajstić information content (AvgIpc) is 2.06. The molecule has 0 N–H and O–H groups in total. The third-order valence-electron chi connectivity index (χ3n) is 1.84. The summed E-state index contributed by atoms with van der Waals surface area (Å²) in [6.07, 6.45) is -5.26. The molecule has 0 saturated carbocycles. The molecule has 96 valence electrons. The van der Waals surface area contributed by atoms with Crippen LogP contribution < -0.4 is 0 Å². The van der Waals surface area contributed by atoms with Gasteiger partial charge in [0.2, 0.25) is 14.3 Å². The van der Waals surface area contributed by atoms with Gasteiger partial charge in [0.25, 0.3) is 0 Å². The van der Waals surface area contributed by atoms with Gasteiger partial charge in [0, 0.05) is 21.3 Å². The van der Waals surface area contributed by atoms with Gasteiger partial charge in [-0.25, -0.2) is 12.8 Å². The van der Waals surface area contributed by atoms with Gasteiger partial charge in [-0.05, 0) is 12.1 Å². The molecule has 1 unspecified atom stereocenters. The van der Waals surface area contributed by atoms with Gasteiger partial charge in [0.1, 0.15) is 5.82 Å². The summed E-state index contributed by atoms with van der Waals surface area (Å²) < 4.78 is 72.8. The molecule has 1 aromatic carbocycles. The molecular weight excluding hydrogens is 307 g/mol. The van der Waals surface area contributed by atoms with Crippen LogP contribution in [0.3, 0.4) is 0 Å². The van der Waals surface area contributed by atoms with Crippen LogP contribution in [0.1, 0.15) is 10.8 Å². The van der Waals surface area contributed by atoms with Crippen LogP contribution in [-0.4, -0.2) is 14.6 Å². The molecule has 2 nitrogen and oxygen atoms in total.